The Labute approximate surface area is 116 Å². The third kappa shape index (κ3) is 3.20. The number of nitrogens with zero attached hydrogens (tertiary/aromatic N) is 1. The van der Waals surface area contributed by atoms with Crippen LogP contribution in [0.3, 0.4) is 0 Å². The van der Waals surface area contributed by atoms with Gasteiger partial charge in [0.15, 0.2) is 0 Å². The minimum atomic E-state index is -0.887. The molecule has 2 atom stereocenters. The van der Waals surface area contributed by atoms with Gasteiger partial charge in [0.2, 0.25) is 0 Å². The van der Waals surface area contributed by atoms with E-state index in [-0.39, 0.29) is 23.1 Å². The second-order valence-corrected chi connectivity index (χ2v) is 7.03. The van der Waals surface area contributed by atoms with E-state index >= 15 is 0 Å². The maximum absolute atomic E-state index is 12.1. The van der Waals surface area contributed by atoms with Crippen LogP contribution in [-0.4, -0.2) is 54.0 Å². The van der Waals surface area contributed by atoms with Crippen LogP contribution in [0, 0.1) is 5.41 Å². The molecule has 0 aromatic heterocycles. The van der Waals surface area contributed by atoms with Gasteiger partial charge in [0.05, 0.1) is 17.7 Å². The lowest BCUT2D eigenvalue weighted by Crippen LogP contribution is -2.69. The minimum Gasteiger partial charge on any atom is -0.389 e. The first-order valence-electron chi connectivity index (χ1n) is 6.72. The summed E-state index contributed by atoms with van der Waals surface area (Å²) in [6.07, 6.45) is 0.804. The smallest absolute Gasteiger partial charge is 0.317 e. The molecule has 1 saturated carbocycles. The molecule has 5 nitrogen and oxygen atoms in total. The van der Waals surface area contributed by atoms with Crippen molar-refractivity contribution in [2.45, 2.75) is 58.3 Å². The molecule has 5 heteroatoms. The fourth-order valence-electron chi connectivity index (χ4n) is 2.63. The van der Waals surface area contributed by atoms with Crippen molar-refractivity contribution < 1.29 is 14.6 Å². The molecule has 0 spiro atoms. The lowest BCUT2D eigenvalue weighted by Gasteiger charge is -2.59. The molecule has 0 aromatic rings. The van der Waals surface area contributed by atoms with Gasteiger partial charge in [0, 0.05) is 25.6 Å². The molecular formula is C14H28N2O3. The molecule has 0 aromatic carbocycles. The SMILES string of the molecule is COC1(C)CC(NC(=O)N(C)CC(C)(C)O)C1(C)C. The van der Waals surface area contributed by atoms with Crippen molar-refractivity contribution in [2.24, 2.45) is 5.41 Å². The Kier molecular flexibility index (Phi) is 4.23. The van der Waals surface area contributed by atoms with Crippen molar-refractivity contribution in [2.75, 3.05) is 20.7 Å². The van der Waals surface area contributed by atoms with E-state index in [1.807, 2.05) is 0 Å². The number of rotatable bonds is 4. The van der Waals surface area contributed by atoms with Crippen LogP contribution in [0.15, 0.2) is 0 Å². The van der Waals surface area contributed by atoms with Crippen LogP contribution >= 0.6 is 0 Å². The first-order chi connectivity index (χ1) is 8.43. The molecule has 2 amide bonds. The Morgan fingerprint density at radius 1 is 1.47 bits per heavy atom. The summed E-state index contributed by atoms with van der Waals surface area (Å²) in [5, 5.41) is 12.7. The summed E-state index contributed by atoms with van der Waals surface area (Å²) in [5.41, 5.74) is -1.19. The Hall–Kier alpha value is -0.810. The van der Waals surface area contributed by atoms with Gasteiger partial charge in [-0.05, 0) is 27.2 Å². The van der Waals surface area contributed by atoms with Crippen molar-refractivity contribution in [1.82, 2.24) is 10.2 Å². The highest BCUT2D eigenvalue weighted by molar-refractivity contribution is 5.74. The lowest BCUT2D eigenvalue weighted by atomic mass is 9.56. The van der Waals surface area contributed by atoms with Crippen LogP contribution in [-0.2, 0) is 4.74 Å². The van der Waals surface area contributed by atoms with Crippen molar-refractivity contribution in [3.05, 3.63) is 0 Å². The van der Waals surface area contributed by atoms with Crippen LogP contribution in [0.25, 0.3) is 0 Å². The molecule has 1 aliphatic carbocycles. The maximum Gasteiger partial charge on any atom is 0.317 e. The second kappa shape index (κ2) is 4.94. The van der Waals surface area contributed by atoms with Crippen LogP contribution in [0.5, 0.6) is 0 Å². The van der Waals surface area contributed by atoms with Gasteiger partial charge < -0.3 is 20.1 Å². The standard InChI is InChI=1S/C14H28N2O3/c1-12(2,18)9-16(6)11(17)15-10-8-14(5,19-7)13(10,3)4/h10,18H,8-9H2,1-7H3,(H,15,17). The van der Waals surface area contributed by atoms with E-state index in [1.54, 1.807) is 28.0 Å². The molecule has 2 N–H and O–H groups in total. The molecule has 1 aliphatic rings. The van der Waals surface area contributed by atoms with Gasteiger partial charge in [0.25, 0.3) is 0 Å². The van der Waals surface area contributed by atoms with Crippen LogP contribution < -0.4 is 5.32 Å². The number of ether oxygens (including phenoxy) is 1. The molecule has 0 aliphatic heterocycles. The predicted molar refractivity (Wildman–Crippen MR) is 75.1 cm³/mol. The summed E-state index contributed by atoms with van der Waals surface area (Å²) in [6, 6.07) is -0.0624. The molecule has 0 radical (unpaired) electrons. The van der Waals surface area contributed by atoms with Crippen LogP contribution in [0.2, 0.25) is 0 Å². The third-order valence-electron chi connectivity index (χ3n) is 4.55. The monoisotopic (exact) mass is 272 g/mol. The molecule has 1 rings (SSSR count). The molecule has 19 heavy (non-hydrogen) atoms. The number of carbonyl (C=O) groups is 1. The van der Waals surface area contributed by atoms with E-state index < -0.39 is 5.60 Å². The van der Waals surface area contributed by atoms with Gasteiger partial charge in [-0.2, -0.15) is 0 Å². The molecule has 1 fully saturated rings. The van der Waals surface area contributed by atoms with Crippen molar-refractivity contribution in [1.29, 1.82) is 0 Å². The summed E-state index contributed by atoms with van der Waals surface area (Å²) in [7, 11) is 3.40. The Bertz CT molecular complexity index is 349. The summed E-state index contributed by atoms with van der Waals surface area (Å²) >= 11 is 0. The van der Waals surface area contributed by atoms with Crippen molar-refractivity contribution in [3.8, 4) is 0 Å². The van der Waals surface area contributed by atoms with Gasteiger partial charge in [-0.25, -0.2) is 4.79 Å². The van der Waals surface area contributed by atoms with E-state index in [4.69, 9.17) is 4.74 Å². The minimum absolute atomic E-state index is 0.0919. The normalized spacial score (nSPS) is 29.6. The number of carbonyl (C=O) groups excluding carboxylic acids is 1. The number of aliphatic hydroxyl groups is 1. The number of amides is 2. The molecule has 2 unspecified atom stereocenters. The Morgan fingerprint density at radius 3 is 2.37 bits per heavy atom. The third-order valence-corrected chi connectivity index (χ3v) is 4.55. The van der Waals surface area contributed by atoms with Crippen LogP contribution in [0.1, 0.15) is 41.0 Å². The first kappa shape index (κ1) is 16.2. The summed E-state index contributed by atoms with van der Waals surface area (Å²) in [6.45, 7) is 9.93. The number of hydrogen-bond donors (Lipinski definition) is 2. The van der Waals surface area contributed by atoms with E-state index in [0.29, 0.717) is 6.54 Å². The maximum atomic E-state index is 12.1. The lowest BCUT2D eigenvalue weighted by molar-refractivity contribution is -0.177. The quantitative estimate of drug-likeness (QED) is 0.817. The summed E-state index contributed by atoms with van der Waals surface area (Å²) in [4.78, 5) is 13.6. The van der Waals surface area contributed by atoms with Gasteiger partial charge in [-0.3, -0.25) is 0 Å². The molecule has 0 bridgehead atoms. The molecule has 112 valence electrons. The zero-order chi connectivity index (χ0) is 15.1. The predicted octanol–water partition coefficient (Wildman–Crippen LogP) is 1.60. The second-order valence-electron chi connectivity index (χ2n) is 7.03. The van der Waals surface area contributed by atoms with Gasteiger partial charge in [0.1, 0.15) is 0 Å². The van der Waals surface area contributed by atoms with E-state index in [9.17, 15) is 9.90 Å². The zero-order valence-corrected chi connectivity index (χ0v) is 13.2. The van der Waals surface area contributed by atoms with Gasteiger partial charge in [-0.1, -0.05) is 13.8 Å². The highest BCUT2D eigenvalue weighted by Crippen LogP contribution is 2.51. The number of hydrogen-bond acceptors (Lipinski definition) is 3. The molecular weight excluding hydrogens is 244 g/mol. The first-order valence-corrected chi connectivity index (χ1v) is 6.72. The molecule has 0 saturated heterocycles. The van der Waals surface area contributed by atoms with Crippen molar-refractivity contribution in [3.63, 3.8) is 0 Å². The van der Waals surface area contributed by atoms with Gasteiger partial charge >= 0.3 is 6.03 Å². The largest absolute Gasteiger partial charge is 0.389 e. The topological polar surface area (TPSA) is 61.8 Å². The number of urea groups is 1. The average Bonchev–Trinajstić information content (AvgIpc) is 2.25. The van der Waals surface area contributed by atoms with Crippen molar-refractivity contribution >= 4 is 6.03 Å². The van der Waals surface area contributed by atoms with E-state index in [0.717, 1.165) is 6.42 Å². The number of nitrogens with one attached hydrogen (secondary N) is 1. The van der Waals surface area contributed by atoms with Crippen LogP contribution in [0.4, 0.5) is 4.79 Å². The van der Waals surface area contributed by atoms with E-state index in [1.165, 1.54) is 4.90 Å². The summed E-state index contributed by atoms with van der Waals surface area (Å²) < 4.78 is 5.54. The van der Waals surface area contributed by atoms with E-state index in [2.05, 4.69) is 26.1 Å². The number of likely N-dealkylation sites (N-methyl/N-ethyl adjacent to an activating group) is 1. The average molecular weight is 272 g/mol. The fraction of sp³-hybridized carbons (Fsp3) is 0.929. The highest BCUT2D eigenvalue weighted by atomic mass is 16.5. The Balaban J connectivity index is 2.56. The zero-order valence-electron chi connectivity index (χ0n) is 13.2. The number of methoxy groups -OCH3 is 1. The van der Waals surface area contributed by atoms with Gasteiger partial charge in [-0.15, -0.1) is 0 Å². The Morgan fingerprint density at radius 2 is 2.00 bits per heavy atom. The summed E-state index contributed by atoms with van der Waals surface area (Å²) in [5.74, 6) is 0. The molecule has 0 heterocycles. The fourth-order valence-corrected chi connectivity index (χ4v) is 2.63. The highest BCUT2D eigenvalue weighted by Gasteiger charge is 2.58.